The molecule has 0 aromatic carbocycles. The molecule has 1 rings (SSSR count). The van der Waals surface area contributed by atoms with Crippen molar-refractivity contribution in [3.8, 4) is 0 Å². The number of amides is 1. The summed E-state index contributed by atoms with van der Waals surface area (Å²) in [7, 11) is 0. The summed E-state index contributed by atoms with van der Waals surface area (Å²) in [5.74, 6) is -0.481. The first-order chi connectivity index (χ1) is 6.70. The molecule has 1 heterocycles. The Balaban J connectivity index is 0.00000196. The van der Waals surface area contributed by atoms with Gasteiger partial charge < -0.3 is 10.0 Å². The van der Waals surface area contributed by atoms with E-state index in [1.807, 2.05) is 4.90 Å². The number of carboxylic acids is 1. The third-order valence-electron chi connectivity index (χ3n) is 2.49. The summed E-state index contributed by atoms with van der Waals surface area (Å²) in [5, 5.41) is 8.40. The molecule has 0 spiro atoms. The number of hydrogen-bond donors (Lipinski definition) is 1. The first kappa shape index (κ1) is 13.9. The number of unbranched alkanes of at least 4 members (excludes halogenated alkanes) is 2. The summed E-state index contributed by atoms with van der Waals surface area (Å²) in [6, 6.07) is 0. The van der Waals surface area contributed by atoms with E-state index >= 15 is 0 Å². The summed E-state index contributed by atoms with van der Waals surface area (Å²) in [6.45, 7) is 1.69. The molecule has 0 atom stereocenters. The maximum Gasteiger partial charge on any atom is 0.303 e. The molecule has 1 fully saturated rings. The minimum Gasteiger partial charge on any atom is -0.481 e. The van der Waals surface area contributed by atoms with Crippen molar-refractivity contribution < 1.29 is 14.7 Å². The first-order valence-corrected chi connectivity index (χ1v) is 5.20. The van der Waals surface area contributed by atoms with Gasteiger partial charge in [0.25, 0.3) is 0 Å². The van der Waals surface area contributed by atoms with Gasteiger partial charge in [0, 0.05) is 25.9 Å². The van der Waals surface area contributed by atoms with Crippen LogP contribution in [-0.4, -0.2) is 35.0 Å². The third kappa shape index (κ3) is 5.40. The zero-order valence-electron chi connectivity index (χ0n) is 8.37. The van der Waals surface area contributed by atoms with Gasteiger partial charge in [0.1, 0.15) is 0 Å². The first-order valence-electron chi connectivity index (χ1n) is 5.20. The number of carbonyl (C=O) groups is 2. The van der Waals surface area contributed by atoms with Crippen LogP contribution in [0.5, 0.6) is 0 Å². The number of aliphatic carboxylic acids is 1. The molecule has 0 radical (unpaired) electrons. The van der Waals surface area contributed by atoms with Crippen LogP contribution in [0.25, 0.3) is 0 Å². The second-order valence-corrected chi connectivity index (χ2v) is 3.69. The zero-order valence-corrected chi connectivity index (χ0v) is 8.37. The Morgan fingerprint density at radius 1 is 1.33 bits per heavy atom. The Morgan fingerprint density at radius 2 is 2.07 bits per heavy atom. The van der Waals surface area contributed by atoms with Gasteiger partial charge in [-0.05, 0) is 19.3 Å². The van der Waals surface area contributed by atoms with E-state index in [-0.39, 0.29) is 19.8 Å². The number of carboxylic acid groups (broad SMARTS) is 1. The van der Waals surface area contributed by atoms with E-state index in [1.165, 1.54) is 0 Å². The molecule has 0 saturated carbocycles. The predicted molar refractivity (Wildman–Crippen MR) is 58.6 cm³/mol. The average molecular weight is 215 g/mol. The molecule has 0 aromatic rings. The van der Waals surface area contributed by atoms with Crippen LogP contribution in [0.4, 0.5) is 0 Å². The lowest BCUT2D eigenvalue weighted by Gasteiger charge is -2.14. The van der Waals surface area contributed by atoms with Crippen LogP contribution < -0.4 is 0 Å². The summed E-state index contributed by atoms with van der Waals surface area (Å²) >= 11 is 0. The fourth-order valence-corrected chi connectivity index (χ4v) is 1.70. The van der Waals surface area contributed by atoms with Crippen LogP contribution in [0.15, 0.2) is 0 Å². The second kappa shape index (κ2) is 7.26. The average Bonchev–Trinajstić information content (AvgIpc) is 2.51. The Kier molecular flexibility index (Phi) is 6.75. The van der Waals surface area contributed by atoms with Crippen molar-refractivity contribution in [2.75, 3.05) is 13.1 Å². The van der Waals surface area contributed by atoms with Crippen molar-refractivity contribution in [2.45, 2.75) is 46.0 Å². The second-order valence-electron chi connectivity index (χ2n) is 3.69. The maximum absolute atomic E-state index is 11.2. The molecular formula is C11H21NO3. The van der Waals surface area contributed by atoms with E-state index in [0.717, 1.165) is 38.8 Å². The van der Waals surface area contributed by atoms with E-state index in [0.29, 0.717) is 6.42 Å². The molecule has 1 aliphatic rings. The van der Waals surface area contributed by atoms with Gasteiger partial charge in [-0.15, -0.1) is 0 Å². The molecule has 1 amide bonds. The van der Waals surface area contributed by atoms with E-state index in [2.05, 4.69) is 0 Å². The zero-order chi connectivity index (χ0) is 10.4. The molecule has 88 valence electrons. The molecule has 15 heavy (non-hydrogen) atoms. The molecule has 4 heteroatoms. The van der Waals surface area contributed by atoms with Gasteiger partial charge in [-0.2, -0.15) is 0 Å². The van der Waals surface area contributed by atoms with Gasteiger partial charge in [0.15, 0.2) is 0 Å². The minimum atomic E-state index is -0.734. The molecule has 1 aliphatic heterocycles. The predicted octanol–water partition coefficient (Wildman–Crippen LogP) is 1.89. The molecule has 4 nitrogen and oxygen atoms in total. The van der Waals surface area contributed by atoms with Crippen LogP contribution in [0, 0.1) is 0 Å². The largest absolute Gasteiger partial charge is 0.481 e. The fourth-order valence-electron chi connectivity index (χ4n) is 1.70. The van der Waals surface area contributed by atoms with Crippen LogP contribution in [0.1, 0.15) is 46.0 Å². The smallest absolute Gasteiger partial charge is 0.303 e. The standard InChI is InChI=1S/C10H17NO3.CH4/c12-9-5-4-8-11(9)7-3-1-2-6-10(13)14;/h1-8H2,(H,13,14);1H4. The van der Waals surface area contributed by atoms with Crippen LogP contribution in [0.2, 0.25) is 0 Å². The SMILES string of the molecule is C.O=C(O)CCCCCN1CCCC1=O. The van der Waals surface area contributed by atoms with Crippen molar-refractivity contribution in [3.63, 3.8) is 0 Å². The Labute approximate surface area is 91.3 Å². The van der Waals surface area contributed by atoms with E-state index in [4.69, 9.17) is 5.11 Å². The maximum atomic E-state index is 11.2. The summed E-state index contributed by atoms with van der Waals surface area (Å²) < 4.78 is 0. The monoisotopic (exact) mass is 215 g/mol. The van der Waals surface area contributed by atoms with Gasteiger partial charge in [0.2, 0.25) is 5.91 Å². The normalized spacial score (nSPS) is 15.2. The summed E-state index contributed by atoms with van der Waals surface area (Å²) in [6.07, 6.45) is 4.46. The van der Waals surface area contributed by atoms with Gasteiger partial charge in [-0.3, -0.25) is 9.59 Å². The molecule has 1 N–H and O–H groups in total. The minimum absolute atomic E-state index is 0. The fraction of sp³-hybridized carbons (Fsp3) is 0.818. The van der Waals surface area contributed by atoms with Crippen molar-refractivity contribution >= 4 is 11.9 Å². The summed E-state index contributed by atoms with van der Waals surface area (Å²) in [5.41, 5.74) is 0. The van der Waals surface area contributed by atoms with E-state index in [1.54, 1.807) is 0 Å². The van der Waals surface area contributed by atoms with Crippen LogP contribution >= 0.6 is 0 Å². The van der Waals surface area contributed by atoms with E-state index in [9.17, 15) is 9.59 Å². The quantitative estimate of drug-likeness (QED) is 0.688. The molecule has 0 bridgehead atoms. The molecule has 0 aromatic heterocycles. The van der Waals surface area contributed by atoms with Gasteiger partial charge in [-0.1, -0.05) is 13.8 Å². The highest BCUT2D eigenvalue weighted by Gasteiger charge is 2.18. The Hall–Kier alpha value is -1.06. The molecule has 0 unspecified atom stereocenters. The lowest BCUT2D eigenvalue weighted by atomic mass is 10.2. The highest BCUT2D eigenvalue weighted by molar-refractivity contribution is 5.77. The third-order valence-corrected chi connectivity index (χ3v) is 2.49. The van der Waals surface area contributed by atoms with Gasteiger partial charge >= 0.3 is 5.97 Å². The lowest BCUT2D eigenvalue weighted by molar-refractivity contribution is -0.137. The Morgan fingerprint density at radius 3 is 2.60 bits per heavy atom. The number of nitrogens with zero attached hydrogens (tertiary/aromatic N) is 1. The molecule has 0 aliphatic carbocycles. The number of hydrogen-bond acceptors (Lipinski definition) is 2. The Bertz CT molecular complexity index is 216. The van der Waals surface area contributed by atoms with Crippen molar-refractivity contribution in [1.82, 2.24) is 4.90 Å². The van der Waals surface area contributed by atoms with Crippen molar-refractivity contribution in [2.24, 2.45) is 0 Å². The number of rotatable bonds is 6. The number of likely N-dealkylation sites (tertiary alicyclic amines) is 1. The molecule has 1 saturated heterocycles. The van der Waals surface area contributed by atoms with Crippen LogP contribution in [0.3, 0.4) is 0 Å². The molecular weight excluding hydrogens is 194 g/mol. The highest BCUT2D eigenvalue weighted by atomic mass is 16.4. The topological polar surface area (TPSA) is 57.6 Å². The van der Waals surface area contributed by atoms with Crippen molar-refractivity contribution in [3.05, 3.63) is 0 Å². The van der Waals surface area contributed by atoms with Gasteiger partial charge in [0.05, 0.1) is 0 Å². The lowest BCUT2D eigenvalue weighted by Crippen LogP contribution is -2.25. The highest BCUT2D eigenvalue weighted by Crippen LogP contribution is 2.11. The van der Waals surface area contributed by atoms with Crippen LogP contribution in [-0.2, 0) is 9.59 Å². The van der Waals surface area contributed by atoms with E-state index < -0.39 is 5.97 Å². The van der Waals surface area contributed by atoms with Gasteiger partial charge in [-0.25, -0.2) is 0 Å². The van der Waals surface area contributed by atoms with Crippen molar-refractivity contribution in [1.29, 1.82) is 0 Å². The summed E-state index contributed by atoms with van der Waals surface area (Å²) in [4.78, 5) is 23.3. The number of carbonyl (C=O) groups excluding carboxylic acids is 1.